The molecule has 0 radical (unpaired) electrons. The van der Waals surface area contributed by atoms with Gasteiger partial charge in [0.05, 0.1) is 17.0 Å². The molecule has 150 valence electrons. The predicted molar refractivity (Wildman–Crippen MR) is 106 cm³/mol. The Morgan fingerprint density at radius 1 is 1.07 bits per heavy atom. The molecule has 0 aliphatic carbocycles. The standard InChI is InChI=1S/C21H21N3O5/c1-15-20(24(26)27)16(2)23(22-15)14-17-8-10-18(11-9-17)21(25)29-13-12-28-19-6-4-3-5-7-19/h3-11H,12-14H2,1-2H3. The Morgan fingerprint density at radius 2 is 1.76 bits per heavy atom. The average molecular weight is 395 g/mol. The summed E-state index contributed by atoms with van der Waals surface area (Å²) in [6.45, 7) is 4.07. The van der Waals surface area contributed by atoms with Gasteiger partial charge in [0.1, 0.15) is 30.4 Å². The monoisotopic (exact) mass is 395 g/mol. The minimum atomic E-state index is -0.435. The van der Waals surface area contributed by atoms with E-state index in [0.29, 0.717) is 23.5 Å². The molecule has 8 nitrogen and oxygen atoms in total. The normalized spacial score (nSPS) is 10.6. The average Bonchev–Trinajstić information content (AvgIpc) is 2.99. The SMILES string of the molecule is Cc1nn(Cc2ccc(C(=O)OCCOc3ccccc3)cc2)c(C)c1[N+](=O)[O-]. The Labute approximate surface area is 167 Å². The lowest BCUT2D eigenvalue weighted by molar-refractivity contribution is -0.386. The van der Waals surface area contributed by atoms with Crippen LogP contribution in [0.3, 0.4) is 0 Å². The maximum atomic E-state index is 12.1. The van der Waals surface area contributed by atoms with Gasteiger partial charge in [0.15, 0.2) is 0 Å². The fourth-order valence-electron chi connectivity index (χ4n) is 2.92. The fourth-order valence-corrected chi connectivity index (χ4v) is 2.92. The number of carbonyl (C=O) groups is 1. The third-order valence-electron chi connectivity index (χ3n) is 4.38. The second-order valence-electron chi connectivity index (χ2n) is 6.43. The first kappa shape index (κ1) is 20.1. The number of carbonyl (C=O) groups excluding carboxylic acids is 1. The highest BCUT2D eigenvalue weighted by atomic mass is 16.6. The maximum Gasteiger partial charge on any atom is 0.338 e. The first-order valence-corrected chi connectivity index (χ1v) is 9.08. The van der Waals surface area contributed by atoms with Crippen LogP contribution in [0.4, 0.5) is 5.69 Å². The number of nitrogens with zero attached hydrogens (tertiary/aromatic N) is 3. The van der Waals surface area contributed by atoms with Gasteiger partial charge in [-0.2, -0.15) is 5.10 Å². The van der Waals surface area contributed by atoms with Crippen molar-refractivity contribution in [1.82, 2.24) is 9.78 Å². The van der Waals surface area contributed by atoms with E-state index in [0.717, 1.165) is 11.3 Å². The van der Waals surface area contributed by atoms with Gasteiger partial charge in [-0.3, -0.25) is 14.8 Å². The highest BCUT2D eigenvalue weighted by Gasteiger charge is 2.21. The second-order valence-corrected chi connectivity index (χ2v) is 6.43. The number of ether oxygens (including phenoxy) is 2. The van der Waals surface area contributed by atoms with Gasteiger partial charge in [-0.25, -0.2) is 4.79 Å². The molecule has 0 aliphatic rings. The molecule has 3 aromatic rings. The van der Waals surface area contributed by atoms with Crippen LogP contribution >= 0.6 is 0 Å². The van der Waals surface area contributed by atoms with Crippen LogP contribution in [0.25, 0.3) is 0 Å². The largest absolute Gasteiger partial charge is 0.490 e. The van der Waals surface area contributed by atoms with Crippen LogP contribution in [0.1, 0.15) is 27.3 Å². The van der Waals surface area contributed by atoms with E-state index in [1.54, 1.807) is 42.8 Å². The number of rotatable bonds is 8. The third-order valence-corrected chi connectivity index (χ3v) is 4.38. The number of benzene rings is 2. The summed E-state index contributed by atoms with van der Waals surface area (Å²) in [6, 6.07) is 16.2. The molecule has 0 N–H and O–H groups in total. The number of nitro groups is 1. The van der Waals surface area contributed by atoms with E-state index >= 15 is 0 Å². The van der Waals surface area contributed by atoms with Crippen molar-refractivity contribution in [3.63, 3.8) is 0 Å². The summed E-state index contributed by atoms with van der Waals surface area (Å²) in [4.78, 5) is 22.8. The molecule has 0 saturated heterocycles. The van der Waals surface area contributed by atoms with E-state index in [9.17, 15) is 14.9 Å². The van der Waals surface area contributed by atoms with Gasteiger partial charge in [0.25, 0.3) is 0 Å². The van der Waals surface area contributed by atoms with Crippen LogP contribution in [-0.2, 0) is 11.3 Å². The van der Waals surface area contributed by atoms with Crippen LogP contribution < -0.4 is 4.74 Å². The number of aryl methyl sites for hydroxylation is 1. The summed E-state index contributed by atoms with van der Waals surface area (Å²) in [7, 11) is 0. The minimum Gasteiger partial charge on any atom is -0.490 e. The van der Waals surface area contributed by atoms with Gasteiger partial charge in [-0.15, -0.1) is 0 Å². The summed E-state index contributed by atoms with van der Waals surface area (Å²) in [5, 5.41) is 15.3. The van der Waals surface area contributed by atoms with Gasteiger partial charge in [-0.1, -0.05) is 30.3 Å². The van der Waals surface area contributed by atoms with E-state index in [2.05, 4.69) is 5.10 Å². The van der Waals surface area contributed by atoms with Crippen molar-refractivity contribution in [1.29, 1.82) is 0 Å². The Bertz CT molecular complexity index is 997. The van der Waals surface area contributed by atoms with E-state index < -0.39 is 10.9 Å². The molecule has 3 rings (SSSR count). The topological polar surface area (TPSA) is 96.5 Å². The summed E-state index contributed by atoms with van der Waals surface area (Å²) < 4.78 is 12.3. The molecule has 0 amide bonds. The fraction of sp³-hybridized carbons (Fsp3) is 0.238. The van der Waals surface area contributed by atoms with Gasteiger partial charge < -0.3 is 9.47 Å². The number of hydrogen-bond donors (Lipinski definition) is 0. The van der Waals surface area contributed by atoms with Crippen molar-refractivity contribution in [2.45, 2.75) is 20.4 Å². The van der Waals surface area contributed by atoms with Crippen molar-refractivity contribution in [2.75, 3.05) is 13.2 Å². The molecule has 0 bridgehead atoms. The highest BCUT2D eigenvalue weighted by Crippen LogP contribution is 2.22. The molecule has 0 spiro atoms. The summed E-state index contributed by atoms with van der Waals surface area (Å²) in [5.41, 5.74) is 2.20. The molecule has 1 aromatic heterocycles. The third kappa shape index (κ3) is 4.98. The van der Waals surface area contributed by atoms with E-state index in [-0.39, 0.29) is 18.9 Å². The summed E-state index contributed by atoms with van der Waals surface area (Å²) in [5.74, 6) is 0.284. The van der Waals surface area contributed by atoms with Gasteiger partial charge in [0, 0.05) is 0 Å². The van der Waals surface area contributed by atoms with Gasteiger partial charge in [-0.05, 0) is 43.7 Å². The van der Waals surface area contributed by atoms with Gasteiger partial charge >= 0.3 is 11.7 Å². The molecule has 8 heteroatoms. The summed E-state index contributed by atoms with van der Waals surface area (Å²) in [6.07, 6.45) is 0. The second kappa shape index (κ2) is 9.01. The van der Waals surface area contributed by atoms with Gasteiger partial charge in [0.2, 0.25) is 0 Å². The van der Waals surface area contributed by atoms with Crippen LogP contribution in [0.5, 0.6) is 5.75 Å². The van der Waals surface area contributed by atoms with Crippen molar-refractivity contribution < 1.29 is 19.2 Å². The Morgan fingerprint density at radius 3 is 2.38 bits per heavy atom. The van der Waals surface area contributed by atoms with Crippen LogP contribution in [-0.4, -0.2) is 33.9 Å². The van der Waals surface area contributed by atoms with Crippen LogP contribution in [0, 0.1) is 24.0 Å². The van der Waals surface area contributed by atoms with Crippen molar-refractivity contribution in [3.05, 3.63) is 87.2 Å². The van der Waals surface area contributed by atoms with Crippen molar-refractivity contribution in [3.8, 4) is 5.75 Å². The van der Waals surface area contributed by atoms with E-state index in [4.69, 9.17) is 9.47 Å². The zero-order valence-electron chi connectivity index (χ0n) is 16.2. The summed E-state index contributed by atoms with van der Waals surface area (Å²) >= 11 is 0. The Kier molecular flexibility index (Phi) is 6.23. The van der Waals surface area contributed by atoms with Crippen LogP contribution in [0.15, 0.2) is 54.6 Å². The lowest BCUT2D eigenvalue weighted by Crippen LogP contribution is -2.12. The molecular formula is C21H21N3O5. The van der Waals surface area contributed by atoms with Crippen molar-refractivity contribution >= 4 is 11.7 Å². The molecule has 0 saturated carbocycles. The lowest BCUT2D eigenvalue weighted by atomic mass is 10.1. The smallest absolute Gasteiger partial charge is 0.338 e. The highest BCUT2D eigenvalue weighted by molar-refractivity contribution is 5.89. The molecule has 2 aromatic carbocycles. The first-order valence-electron chi connectivity index (χ1n) is 9.08. The molecule has 1 heterocycles. The first-order chi connectivity index (χ1) is 14.0. The maximum absolute atomic E-state index is 12.1. The molecular weight excluding hydrogens is 374 g/mol. The molecule has 0 atom stereocenters. The molecule has 29 heavy (non-hydrogen) atoms. The minimum absolute atomic E-state index is 0.0305. The quantitative estimate of drug-likeness (QED) is 0.250. The predicted octanol–water partition coefficient (Wildman–Crippen LogP) is 3.69. The number of hydrogen-bond acceptors (Lipinski definition) is 6. The number of para-hydroxylation sites is 1. The number of aromatic nitrogens is 2. The molecule has 0 aliphatic heterocycles. The van der Waals surface area contributed by atoms with E-state index in [1.165, 1.54) is 0 Å². The van der Waals surface area contributed by atoms with E-state index in [1.807, 2.05) is 30.3 Å². The Balaban J connectivity index is 1.54. The molecule has 0 fully saturated rings. The molecule has 0 unspecified atom stereocenters. The van der Waals surface area contributed by atoms with Crippen LogP contribution in [0.2, 0.25) is 0 Å². The lowest BCUT2D eigenvalue weighted by Gasteiger charge is -2.08. The zero-order valence-corrected chi connectivity index (χ0v) is 16.2. The number of esters is 1. The van der Waals surface area contributed by atoms with Crippen molar-refractivity contribution in [2.24, 2.45) is 0 Å². The Hall–Kier alpha value is -3.68. The zero-order chi connectivity index (χ0) is 20.8.